The predicted octanol–water partition coefficient (Wildman–Crippen LogP) is 2.71. The summed E-state index contributed by atoms with van der Waals surface area (Å²) >= 11 is 3.48. The summed E-state index contributed by atoms with van der Waals surface area (Å²) in [4.78, 5) is 26.1. The summed E-state index contributed by atoms with van der Waals surface area (Å²) in [5, 5.41) is 2.84. The first-order valence-electron chi connectivity index (χ1n) is 7.45. The zero-order valence-corrected chi connectivity index (χ0v) is 15.1. The van der Waals surface area contributed by atoms with Gasteiger partial charge in [0.05, 0.1) is 18.2 Å². The number of urea groups is 1. The molecule has 24 heavy (non-hydrogen) atoms. The van der Waals surface area contributed by atoms with Gasteiger partial charge in [-0.2, -0.15) is 0 Å². The molecule has 0 saturated heterocycles. The van der Waals surface area contributed by atoms with E-state index in [0.29, 0.717) is 32.8 Å². The highest BCUT2D eigenvalue weighted by Gasteiger charge is 2.36. The Kier molecular flexibility index (Phi) is 4.40. The third kappa shape index (κ3) is 2.71. The molecule has 0 saturated carbocycles. The van der Waals surface area contributed by atoms with E-state index in [2.05, 4.69) is 21.2 Å². The number of esters is 1. The summed E-state index contributed by atoms with van der Waals surface area (Å²) < 4.78 is 16.6. The number of hydrogen-bond donors (Lipinski definition) is 1. The monoisotopic (exact) mass is 396 g/mol. The van der Waals surface area contributed by atoms with Crippen molar-refractivity contribution in [1.29, 1.82) is 0 Å². The molecule has 1 aromatic rings. The van der Waals surface area contributed by atoms with Crippen LogP contribution in [0.2, 0.25) is 0 Å². The summed E-state index contributed by atoms with van der Waals surface area (Å²) in [6.45, 7) is 3.86. The van der Waals surface area contributed by atoms with Gasteiger partial charge in [0, 0.05) is 17.2 Å². The van der Waals surface area contributed by atoms with Crippen molar-refractivity contribution in [3.8, 4) is 11.5 Å². The molecule has 3 rings (SSSR count). The number of amides is 2. The van der Waals surface area contributed by atoms with Crippen molar-refractivity contribution < 1.29 is 23.8 Å². The van der Waals surface area contributed by atoms with Gasteiger partial charge >= 0.3 is 12.0 Å². The Hall–Kier alpha value is -2.22. The van der Waals surface area contributed by atoms with Crippen LogP contribution in [0.1, 0.15) is 25.5 Å². The second-order valence-corrected chi connectivity index (χ2v) is 6.24. The molecular formula is C16H17BrN2O5. The number of hydrogen-bond acceptors (Lipinski definition) is 5. The number of fused-ring (bicyclic) bond motifs is 1. The minimum atomic E-state index is -0.642. The van der Waals surface area contributed by atoms with Crippen molar-refractivity contribution in [1.82, 2.24) is 10.2 Å². The summed E-state index contributed by atoms with van der Waals surface area (Å²) in [6, 6.07) is 2.59. The molecule has 128 valence electrons. The van der Waals surface area contributed by atoms with E-state index in [4.69, 9.17) is 14.2 Å². The lowest BCUT2D eigenvalue weighted by molar-refractivity contribution is -0.139. The van der Waals surface area contributed by atoms with Gasteiger partial charge in [-0.15, -0.1) is 0 Å². The van der Waals surface area contributed by atoms with Crippen molar-refractivity contribution in [2.24, 2.45) is 0 Å². The van der Waals surface area contributed by atoms with Crippen molar-refractivity contribution in [3.05, 3.63) is 33.4 Å². The number of nitrogens with zero attached hydrogens (tertiary/aromatic N) is 1. The quantitative estimate of drug-likeness (QED) is 0.794. The lowest BCUT2D eigenvalue weighted by atomic mass is 9.94. The molecule has 1 N–H and O–H groups in total. The van der Waals surface area contributed by atoms with Crippen molar-refractivity contribution >= 4 is 27.9 Å². The predicted molar refractivity (Wildman–Crippen MR) is 88.6 cm³/mol. The van der Waals surface area contributed by atoms with Crippen LogP contribution < -0.4 is 14.8 Å². The molecule has 1 aromatic carbocycles. The molecule has 2 aliphatic rings. The molecule has 0 bridgehead atoms. The number of benzene rings is 1. The number of ether oxygens (including phenoxy) is 3. The molecule has 2 aliphatic heterocycles. The van der Waals surface area contributed by atoms with Gasteiger partial charge in [-0.25, -0.2) is 9.59 Å². The largest absolute Gasteiger partial charge is 0.463 e. The minimum absolute atomic E-state index is 0.143. The third-order valence-corrected chi connectivity index (χ3v) is 4.74. The molecule has 0 aromatic heterocycles. The van der Waals surface area contributed by atoms with Gasteiger partial charge in [0.2, 0.25) is 6.79 Å². The Morgan fingerprint density at radius 3 is 2.75 bits per heavy atom. The number of nitrogens with one attached hydrogen (secondary N) is 1. The summed E-state index contributed by atoms with van der Waals surface area (Å²) in [5.74, 6) is 0.724. The maximum atomic E-state index is 12.5. The van der Waals surface area contributed by atoms with Gasteiger partial charge < -0.3 is 24.4 Å². The zero-order valence-electron chi connectivity index (χ0n) is 13.5. The fourth-order valence-electron chi connectivity index (χ4n) is 2.70. The molecule has 0 unspecified atom stereocenters. The molecule has 0 aliphatic carbocycles. The van der Waals surface area contributed by atoms with Crippen molar-refractivity contribution in [2.45, 2.75) is 19.9 Å². The standard InChI is InChI=1S/C16H17BrN2O5/c1-4-22-15(20)13-8(2)19(3)16(21)18-14(13)9-5-11-12(6-10(9)17)24-7-23-11/h5-6,14H,4,7H2,1-3H3,(H,18,21)/t14-/m0/s1. The zero-order chi connectivity index (χ0) is 17.4. The topological polar surface area (TPSA) is 77.1 Å². The average molecular weight is 397 g/mol. The van der Waals surface area contributed by atoms with Gasteiger partial charge in [-0.05, 0) is 31.5 Å². The third-order valence-electron chi connectivity index (χ3n) is 4.05. The van der Waals surface area contributed by atoms with E-state index in [0.717, 1.165) is 0 Å². The Morgan fingerprint density at radius 1 is 1.42 bits per heavy atom. The van der Waals surface area contributed by atoms with Gasteiger partial charge in [-0.3, -0.25) is 0 Å². The summed E-state index contributed by atoms with van der Waals surface area (Å²) in [7, 11) is 1.61. The van der Waals surface area contributed by atoms with Crippen LogP contribution in [0.4, 0.5) is 4.79 Å². The van der Waals surface area contributed by atoms with E-state index in [1.807, 2.05) is 0 Å². The van der Waals surface area contributed by atoms with Crippen LogP contribution >= 0.6 is 15.9 Å². The van der Waals surface area contributed by atoms with E-state index >= 15 is 0 Å². The molecule has 2 amide bonds. The number of allylic oxidation sites excluding steroid dienone is 1. The van der Waals surface area contributed by atoms with Crippen molar-refractivity contribution in [3.63, 3.8) is 0 Å². The average Bonchev–Trinajstić information content (AvgIpc) is 2.98. The molecular weight excluding hydrogens is 380 g/mol. The smallest absolute Gasteiger partial charge is 0.338 e. The second-order valence-electron chi connectivity index (χ2n) is 5.39. The maximum absolute atomic E-state index is 12.5. The van der Waals surface area contributed by atoms with E-state index in [1.165, 1.54) is 4.90 Å². The van der Waals surface area contributed by atoms with E-state index in [9.17, 15) is 9.59 Å². The van der Waals surface area contributed by atoms with Crippen LogP contribution in [0, 0.1) is 0 Å². The van der Waals surface area contributed by atoms with E-state index in [-0.39, 0.29) is 19.4 Å². The fourth-order valence-corrected chi connectivity index (χ4v) is 3.25. The van der Waals surface area contributed by atoms with Crippen molar-refractivity contribution in [2.75, 3.05) is 20.4 Å². The van der Waals surface area contributed by atoms with Gasteiger partial charge in [-0.1, -0.05) is 15.9 Å². The summed E-state index contributed by atoms with van der Waals surface area (Å²) in [6.07, 6.45) is 0. The van der Waals surface area contributed by atoms with Gasteiger partial charge in [0.1, 0.15) is 0 Å². The Morgan fingerprint density at radius 2 is 2.08 bits per heavy atom. The lowest BCUT2D eigenvalue weighted by Gasteiger charge is -2.33. The fraction of sp³-hybridized carbons (Fsp3) is 0.375. The molecule has 2 heterocycles. The number of rotatable bonds is 3. The Labute approximate surface area is 147 Å². The molecule has 1 atom stereocenters. The van der Waals surface area contributed by atoms with Crippen LogP contribution in [0.5, 0.6) is 11.5 Å². The van der Waals surface area contributed by atoms with E-state index < -0.39 is 12.0 Å². The highest BCUT2D eigenvalue weighted by Crippen LogP contribution is 2.42. The first-order chi connectivity index (χ1) is 11.4. The SMILES string of the molecule is CCOC(=O)C1=C(C)N(C)C(=O)N[C@H]1c1cc2c(cc1Br)OCO2. The van der Waals surface area contributed by atoms with Crippen LogP contribution in [-0.2, 0) is 9.53 Å². The molecule has 0 fully saturated rings. The maximum Gasteiger partial charge on any atom is 0.338 e. The first kappa shape index (κ1) is 16.6. The lowest BCUT2D eigenvalue weighted by Crippen LogP contribution is -2.46. The normalized spacial score (nSPS) is 19.4. The number of carbonyl (C=O) groups is 2. The molecule has 0 spiro atoms. The van der Waals surface area contributed by atoms with Crippen LogP contribution in [-0.4, -0.2) is 37.3 Å². The van der Waals surface area contributed by atoms with Crippen LogP contribution in [0.3, 0.4) is 0 Å². The molecule has 0 radical (unpaired) electrons. The number of carbonyl (C=O) groups excluding carboxylic acids is 2. The van der Waals surface area contributed by atoms with Gasteiger partial charge in [0.15, 0.2) is 11.5 Å². The minimum Gasteiger partial charge on any atom is -0.463 e. The van der Waals surface area contributed by atoms with Crippen LogP contribution in [0.25, 0.3) is 0 Å². The Balaban J connectivity index is 2.11. The highest BCUT2D eigenvalue weighted by atomic mass is 79.9. The molecule has 8 heteroatoms. The van der Waals surface area contributed by atoms with E-state index in [1.54, 1.807) is 33.0 Å². The highest BCUT2D eigenvalue weighted by molar-refractivity contribution is 9.10. The number of halogens is 1. The Bertz CT molecular complexity index is 746. The first-order valence-corrected chi connectivity index (χ1v) is 8.24. The van der Waals surface area contributed by atoms with Crippen LogP contribution in [0.15, 0.2) is 27.9 Å². The van der Waals surface area contributed by atoms with Gasteiger partial charge in [0.25, 0.3) is 0 Å². The molecule has 7 nitrogen and oxygen atoms in total. The summed E-state index contributed by atoms with van der Waals surface area (Å²) in [5.41, 5.74) is 1.63. The second kappa shape index (κ2) is 6.35.